The molecule has 4 unspecified atom stereocenters. The Balaban J connectivity index is 1.02. The summed E-state index contributed by atoms with van der Waals surface area (Å²) in [5.41, 5.74) is 9.56. The highest BCUT2D eigenvalue weighted by molar-refractivity contribution is 6.17. The van der Waals surface area contributed by atoms with Crippen LogP contribution in [-0.4, -0.2) is 23.9 Å². The van der Waals surface area contributed by atoms with E-state index in [-0.39, 0.29) is 18.2 Å². The van der Waals surface area contributed by atoms with Crippen molar-refractivity contribution in [2.75, 3.05) is 0 Å². The maximum Gasteiger partial charge on any atom is 0.169 e. The standard InChI is InChI=1S/C45H33N3O2/c1-3-12-28(13-4-1)29-24-26-31(27-25-29)44-46-43(30-14-5-2-6-15-30)47-45(48-44)37-21-11-23-39-40(37)36-20-10-19-35(42(36)50-39)34-18-9-17-33-32-16-7-8-22-38(32)49-41(33)34/h1-24,26-27,29,36,42,44H,25H2,(H,46,47,48). The third kappa shape index (κ3) is 4.77. The molecule has 1 aromatic heterocycles. The summed E-state index contributed by atoms with van der Waals surface area (Å²) < 4.78 is 13.3. The molecular weight excluding hydrogens is 615 g/mol. The molecule has 4 atom stereocenters. The maximum absolute atomic E-state index is 6.84. The minimum absolute atomic E-state index is 0.00301. The number of amidine groups is 2. The maximum atomic E-state index is 6.84. The van der Waals surface area contributed by atoms with Crippen LogP contribution in [0.5, 0.6) is 5.75 Å². The van der Waals surface area contributed by atoms with E-state index in [1.54, 1.807) is 0 Å². The molecule has 0 fully saturated rings. The largest absolute Gasteiger partial charge is 0.484 e. The minimum atomic E-state index is -0.369. The highest BCUT2D eigenvalue weighted by atomic mass is 16.5. The molecule has 0 saturated carbocycles. The van der Waals surface area contributed by atoms with Crippen molar-refractivity contribution in [1.82, 2.24) is 5.32 Å². The Morgan fingerprint density at radius 2 is 1.44 bits per heavy atom. The van der Waals surface area contributed by atoms with E-state index in [0.717, 1.165) is 79.2 Å². The molecule has 1 N–H and O–H groups in total. The van der Waals surface area contributed by atoms with Gasteiger partial charge in [-0.1, -0.05) is 146 Å². The first-order chi connectivity index (χ1) is 24.8. The lowest BCUT2D eigenvalue weighted by atomic mass is 9.82. The second kappa shape index (κ2) is 11.7. The van der Waals surface area contributed by atoms with Crippen molar-refractivity contribution in [3.8, 4) is 5.75 Å². The topological polar surface area (TPSA) is 59.1 Å². The van der Waals surface area contributed by atoms with Crippen molar-refractivity contribution in [1.29, 1.82) is 0 Å². The first kappa shape index (κ1) is 28.8. The van der Waals surface area contributed by atoms with E-state index in [1.807, 2.05) is 30.3 Å². The molecule has 2 aliphatic carbocycles. The van der Waals surface area contributed by atoms with Crippen molar-refractivity contribution in [3.05, 3.63) is 191 Å². The van der Waals surface area contributed by atoms with Crippen molar-refractivity contribution >= 4 is 39.2 Å². The number of furan rings is 1. The molecule has 0 radical (unpaired) electrons. The number of hydrogen-bond donors (Lipinski definition) is 1. The van der Waals surface area contributed by atoms with Crippen molar-refractivity contribution in [2.45, 2.75) is 30.5 Å². The Bertz CT molecular complexity index is 2480. The van der Waals surface area contributed by atoms with Crippen LogP contribution in [-0.2, 0) is 0 Å². The van der Waals surface area contributed by atoms with Crippen LogP contribution in [0, 0.1) is 0 Å². The van der Waals surface area contributed by atoms with Crippen LogP contribution in [0.4, 0.5) is 0 Å². The van der Waals surface area contributed by atoms with E-state index in [4.69, 9.17) is 19.1 Å². The van der Waals surface area contributed by atoms with Crippen molar-refractivity contribution in [2.24, 2.45) is 9.98 Å². The molecule has 6 aromatic rings. The SMILES string of the molecule is C1=CC2c3c(cccc3C3=NC(C4=CCC(c5ccccc5)C=C4)N=C(c4ccccc4)N3)OC2C(c2cccc3c2oc2ccccc23)=C1. The van der Waals surface area contributed by atoms with Gasteiger partial charge in [0.15, 0.2) is 6.17 Å². The monoisotopic (exact) mass is 647 g/mol. The smallest absolute Gasteiger partial charge is 0.169 e. The number of hydrogen-bond acceptors (Lipinski definition) is 5. The Hall–Kier alpha value is -6.20. The molecule has 3 heterocycles. The first-order valence-electron chi connectivity index (χ1n) is 17.3. The highest BCUT2D eigenvalue weighted by Gasteiger charge is 2.40. The van der Waals surface area contributed by atoms with Gasteiger partial charge >= 0.3 is 0 Å². The molecule has 0 spiro atoms. The van der Waals surface area contributed by atoms with Crippen LogP contribution in [0.1, 0.15) is 46.1 Å². The number of rotatable bonds is 5. The van der Waals surface area contributed by atoms with E-state index in [0.29, 0.717) is 5.92 Å². The lowest BCUT2D eigenvalue weighted by Crippen LogP contribution is -2.38. The summed E-state index contributed by atoms with van der Waals surface area (Å²) in [5, 5.41) is 5.87. The van der Waals surface area contributed by atoms with Gasteiger partial charge < -0.3 is 14.5 Å². The molecule has 240 valence electrons. The fourth-order valence-electron chi connectivity index (χ4n) is 7.86. The van der Waals surface area contributed by atoms with Gasteiger partial charge in [0.2, 0.25) is 0 Å². The highest BCUT2D eigenvalue weighted by Crippen LogP contribution is 2.49. The van der Waals surface area contributed by atoms with Gasteiger partial charge in [0.1, 0.15) is 34.7 Å². The van der Waals surface area contributed by atoms with Gasteiger partial charge in [-0.25, -0.2) is 9.98 Å². The van der Waals surface area contributed by atoms with Crippen LogP contribution < -0.4 is 10.1 Å². The second-order valence-corrected chi connectivity index (χ2v) is 13.2. The van der Waals surface area contributed by atoms with Crippen LogP contribution in [0.3, 0.4) is 0 Å². The summed E-state index contributed by atoms with van der Waals surface area (Å²) in [5.74, 6) is 2.83. The minimum Gasteiger partial charge on any atom is -0.484 e. The fraction of sp³-hybridized carbons (Fsp3) is 0.111. The number of allylic oxidation sites excluding steroid dienone is 4. The van der Waals surface area contributed by atoms with E-state index >= 15 is 0 Å². The summed E-state index contributed by atoms with van der Waals surface area (Å²) in [6.07, 6.45) is 13.7. The van der Waals surface area contributed by atoms with Gasteiger partial charge in [-0.3, -0.25) is 0 Å². The van der Waals surface area contributed by atoms with E-state index in [9.17, 15) is 0 Å². The molecule has 5 aromatic carbocycles. The third-order valence-electron chi connectivity index (χ3n) is 10.3. The zero-order valence-corrected chi connectivity index (χ0v) is 27.2. The molecule has 0 saturated heterocycles. The quantitative estimate of drug-likeness (QED) is 0.203. The number of fused-ring (bicyclic) bond motifs is 6. The second-order valence-electron chi connectivity index (χ2n) is 13.2. The lowest BCUT2D eigenvalue weighted by molar-refractivity contribution is 0.278. The number of nitrogens with zero attached hydrogens (tertiary/aromatic N) is 2. The van der Waals surface area contributed by atoms with Gasteiger partial charge in [0, 0.05) is 50.4 Å². The summed E-state index contributed by atoms with van der Waals surface area (Å²) in [6, 6.07) is 41.9. The molecule has 0 amide bonds. The Labute approximate surface area is 290 Å². The predicted octanol–water partition coefficient (Wildman–Crippen LogP) is 9.88. The van der Waals surface area contributed by atoms with Gasteiger partial charge in [0.25, 0.3) is 0 Å². The lowest BCUT2D eigenvalue weighted by Gasteiger charge is -2.26. The third-order valence-corrected chi connectivity index (χ3v) is 10.3. The fourth-order valence-corrected chi connectivity index (χ4v) is 7.86. The van der Waals surface area contributed by atoms with E-state index in [2.05, 4.69) is 133 Å². The molecule has 5 heteroatoms. The Kier molecular flexibility index (Phi) is 6.76. The molecular formula is C45H33N3O2. The average molecular weight is 648 g/mol. The zero-order chi connectivity index (χ0) is 33.0. The number of aliphatic imine (C=N–C) groups is 2. The van der Waals surface area contributed by atoms with Crippen LogP contribution >= 0.6 is 0 Å². The molecule has 10 rings (SSSR count). The van der Waals surface area contributed by atoms with Gasteiger partial charge in [-0.15, -0.1) is 0 Å². The normalized spacial score (nSPS) is 22.2. The van der Waals surface area contributed by atoms with E-state index in [1.165, 1.54) is 5.56 Å². The van der Waals surface area contributed by atoms with Gasteiger partial charge in [0.05, 0.1) is 0 Å². The molecule has 2 aliphatic heterocycles. The average Bonchev–Trinajstić information content (AvgIpc) is 3.77. The molecule has 4 aliphatic rings. The van der Waals surface area contributed by atoms with Crippen LogP contribution in [0.15, 0.2) is 178 Å². The van der Waals surface area contributed by atoms with Gasteiger partial charge in [-0.2, -0.15) is 0 Å². The molecule has 50 heavy (non-hydrogen) atoms. The molecule has 0 bridgehead atoms. The van der Waals surface area contributed by atoms with Crippen molar-refractivity contribution < 1.29 is 9.15 Å². The zero-order valence-electron chi connectivity index (χ0n) is 27.2. The summed E-state index contributed by atoms with van der Waals surface area (Å²) in [7, 11) is 0. The van der Waals surface area contributed by atoms with Crippen LogP contribution in [0.2, 0.25) is 0 Å². The first-order valence-corrected chi connectivity index (χ1v) is 17.3. The number of benzene rings is 5. The van der Waals surface area contributed by atoms with Gasteiger partial charge in [-0.05, 0) is 29.7 Å². The van der Waals surface area contributed by atoms with E-state index < -0.39 is 0 Å². The summed E-state index contributed by atoms with van der Waals surface area (Å²) in [6.45, 7) is 0. The number of ether oxygens (including phenoxy) is 1. The Morgan fingerprint density at radius 1 is 0.680 bits per heavy atom. The number of nitrogens with one attached hydrogen (secondary N) is 1. The van der Waals surface area contributed by atoms with Crippen LogP contribution in [0.25, 0.3) is 27.5 Å². The summed E-state index contributed by atoms with van der Waals surface area (Å²) >= 11 is 0. The van der Waals surface area contributed by atoms with Crippen molar-refractivity contribution in [3.63, 3.8) is 0 Å². The number of para-hydroxylation sites is 2. The molecule has 5 nitrogen and oxygen atoms in total. The Morgan fingerprint density at radius 3 is 2.30 bits per heavy atom. The summed E-state index contributed by atoms with van der Waals surface area (Å²) in [4.78, 5) is 10.5. The predicted molar refractivity (Wildman–Crippen MR) is 202 cm³/mol.